The summed E-state index contributed by atoms with van der Waals surface area (Å²) in [6.45, 7) is 1.83. The molecule has 1 aromatic heterocycles. The highest BCUT2D eigenvalue weighted by Crippen LogP contribution is 2.12. The summed E-state index contributed by atoms with van der Waals surface area (Å²) >= 11 is 0. The minimum Gasteiger partial charge on any atom is -0.343 e. The normalized spacial score (nSPS) is 10.4. The largest absolute Gasteiger partial charge is 0.343 e. The van der Waals surface area contributed by atoms with E-state index >= 15 is 0 Å². The number of pyridine rings is 1. The van der Waals surface area contributed by atoms with Crippen LogP contribution in [-0.4, -0.2) is 23.3 Å². The Morgan fingerprint density at radius 1 is 1.18 bits per heavy atom. The van der Waals surface area contributed by atoms with Crippen molar-refractivity contribution in [2.24, 2.45) is 0 Å². The van der Waals surface area contributed by atoms with Crippen molar-refractivity contribution in [2.45, 2.75) is 6.92 Å². The molecule has 0 radical (unpaired) electrons. The molecule has 0 bridgehead atoms. The molecule has 0 fully saturated rings. The molecule has 1 aromatic carbocycles. The molecule has 0 spiro atoms. The number of aryl methyl sites for hydroxylation is 1. The number of carbonyl (C=O) groups excluding carboxylic acids is 2. The zero-order valence-corrected chi connectivity index (χ0v) is 12.2. The molecule has 2 N–H and O–H groups in total. The first-order chi connectivity index (χ1) is 10.6. The van der Waals surface area contributed by atoms with Gasteiger partial charge in [0.25, 0.3) is 0 Å². The molecule has 0 saturated carbocycles. The monoisotopic (exact) mass is 295 g/mol. The lowest BCUT2D eigenvalue weighted by atomic mass is 10.2. The van der Waals surface area contributed by atoms with Crippen LogP contribution in [0.15, 0.2) is 54.9 Å². The fourth-order valence-corrected chi connectivity index (χ4v) is 1.78. The molecule has 1 heterocycles. The highest BCUT2D eigenvalue weighted by atomic mass is 16.2. The fourth-order valence-electron chi connectivity index (χ4n) is 1.78. The molecule has 2 aromatic rings. The van der Waals surface area contributed by atoms with Gasteiger partial charge in [-0.15, -0.1) is 0 Å². The van der Waals surface area contributed by atoms with E-state index in [9.17, 15) is 9.59 Å². The lowest BCUT2D eigenvalue weighted by Crippen LogP contribution is -2.31. The molecule has 0 atom stereocenters. The summed E-state index contributed by atoms with van der Waals surface area (Å²) in [7, 11) is 0. The highest BCUT2D eigenvalue weighted by molar-refractivity contribution is 5.98. The van der Waals surface area contributed by atoms with Gasteiger partial charge in [0.2, 0.25) is 11.8 Å². The topological polar surface area (TPSA) is 71.1 Å². The Morgan fingerprint density at radius 3 is 2.73 bits per heavy atom. The zero-order chi connectivity index (χ0) is 15.8. The summed E-state index contributed by atoms with van der Waals surface area (Å²) in [6.07, 6.45) is 6.32. The van der Waals surface area contributed by atoms with Crippen LogP contribution < -0.4 is 10.6 Å². The van der Waals surface area contributed by atoms with Crippen molar-refractivity contribution in [3.05, 3.63) is 66.0 Å². The number of benzene rings is 1. The van der Waals surface area contributed by atoms with E-state index in [1.165, 1.54) is 6.08 Å². The van der Waals surface area contributed by atoms with Crippen LogP contribution in [0.3, 0.4) is 0 Å². The number of anilines is 1. The zero-order valence-electron chi connectivity index (χ0n) is 12.2. The molecule has 0 aliphatic rings. The highest BCUT2D eigenvalue weighted by Gasteiger charge is 2.05. The SMILES string of the molecule is Cc1ccccc1NC(=O)CNC(=O)/C=C/c1cccnc1. The molecule has 112 valence electrons. The van der Waals surface area contributed by atoms with Crippen molar-refractivity contribution in [1.29, 1.82) is 0 Å². The Labute approximate surface area is 129 Å². The van der Waals surface area contributed by atoms with Gasteiger partial charge < -0.3 is 10.6 Å². The standard InChI is InChI=1S/C17H17N3O2/c1-13-5-2-3-7-15(13)20-17(22)12-19-16(21)9-8-14-6-4-10-18-11-14/h2-11H,12H2,1H3,(H,19,21)(H,20,22)/b9-8+. The minimum absolute atomic E-state index is 0.0788. The molecule has 0 saturated heterocycles. The van der Waals surface area contributed by atoms with Gasteiger partial charge in [0.15, 0.2) is 0 Å². The number of aromatic nitrogens is 1. The first-order valence-corrected chi connectivity index (χ1v) is 6.86. The molecule has 5 heteroatoms. The van der Waals surface area contributed by atoms with Crippen LogP contribution in [0.4, 0.5) is 5.69 Å². The lowest BCUT2D eigenvalue weighted by molar-refractivity contribution is -0.121. The first kappa shape index (κ1) is 15.4. The number of rotatable bonds is 5. The Kier molecular flexibility index (Phi) is 5.43. The Morgan fingerprint density at radius 2 is 2.00 bits per heavy atom. The number of nitrogens with zero attached hydrogens (tertiary/aromatic N) is 1. The average Bonchev–Trinajstić information content (AvgIpc) is 2.54. The van der Waals surface area contributed by atoms with E-state index in [1.54, 1.807) is 24.5 Å². The van der Waals surface area contributed by atoms with E-state index in [0.717, 1.165) is 16.8 Å². The van der Waals surface area contributed by atoms with Gasteiger partial charge >= 0.3 is 0 Å². The third-order valence-electron chi connectivity index (χ3n) is 2.95. The third-order valence-corrected chi connectivity index (χ3v) is 2.95. The maximum Gasteiger partial charge on any atom is 0.244 e. The van der Waals surface area contributed by atoms with Gasteiger partial charge in [-0.2, -0.15) is 0 Å². The summed E-state index contributed by atoms with van der Waals surface area (Å²) in [4.78, 5) is 27.4. The minimum atomic E-state index is -0.330. The summed E-state index contributed by atoms with van der Waals surface area (Å²) < 4.78 is 0. The lowest BCUT2D eigenvalue weighted by Gasteiger charge is -2.08. The summed E-state index contributed by atoms with van der Waals surface area (Å²) in [5.74, 6) is -0.596. The third kappa shape index (κ3) is 4.86. The average molecular weight is 295 g/mol. The van der Waals surface area contributed by atoms with Crippen LogP contribution in [-0.2, 0) is 9.59 Å². The van der Waals surface area contributed by atoms with Gasteiger partial charge in [-0.3, -0.25) is 14.6 Å². The smallest absolute Gasteiger partial charge is 0.244 e. The van der Waals surface area contributed by atoms with Crippen molar-refractivity contribution in [1.82, 2.24) is 10.3 Å². The van der Waals surface area contributed by atoms with Crippen LogP contribution >= 0.6 is 0 Å². The van der Waals surface area contributed by atoms with Gasteiger partial charge in [-0.05, 0) is 36.3 Å². The summed E-state index contributed by atoms with van der Waals surface area (Å²) in [5.41, 5.74) is 2.54. The second kappa shape index (κ2) is 7.73. The van der Waals surface area contributed by atoms with Crippen LogP contribution in [0.25, 0.3) is 6.08 Å². The van der Waals surface area contributed by atoms with Gasteiger partial charge in [0, 0.05) is 24.2 Å². The van der Waals surface area contributed by atoms with E-state index in [0.29, 0.717) is 0 Å². The number of amides is 2. The maximum atomic E-state index is 11.8. The Hall–Kier alpha value is -2.95. The van der Waals surface area contributed by atoms with Crippen LogP contribution in [0, 0.1) is 6.92 Å². The van der Waals surface area contributed by atoms with Crippen molar-refractivity contribution in [3.8, 4) is 0 Å². The van der Waals surface area contributed by atoms with Gasteiger partial charge in [0.1, 0.15) is 0 Å². The molecular formula is C17H17N3O2. The van der Waals surface area contributed by atoms with Crippen molar-refractivity contribution >= 4 is 23.6 Å². The van der Waals surface area contributed by atoms with E-state index in [-0.39, 0.29) is 18.4 Å². The summed E-state index contributed by atoms with van der Waals surface area (Å²) in [5, 5.41) is 5.29. The van der Waals surface area contributed by atoms with Gasteiger partial charge in [0.05, 0.1) is 6.54 Å². The molecule has 2 amide bonds. The number of nitrogens with one attached hydrogen (secondary N) is 2. The first-order valence-electron chi connectivity index (χ1n) is 6.86. The number of hydrogen-bond donors (Lipinski definition) is 2. The Balaban J connectivity index is 1.80. The van der Waals surface area contributed by atoms with Gasteiger partial charge in [-0.1, -0.05) is 24.3 Å². The van der Waals surface area contributed by atoms with Crippen molar-refractivity contribution < 1.29 is 9.59 Å². The molecule has 5 nitrogen and oxygen atoms in total. The Bertz CT molecular complexity index is 681. The maximum absolute atomic E-state index is 11.8. The number of hydrogen-bond acceptors (Lipinski definition) is 3. The number of carbonyl (C=O) groups is 2. The van der Waals surface area contributed by atoms with Crippen LogP contribution in [0.2, 0.25) is 0 Å². The van der Waals surface area contributed by atoms with E-state index in [2.05, 4.69) is 15.6 Å². The van der Waals surface area contributed by atoms with E-state index in [4.69, 9.17) is 0 Å². The molecule has 0 aliphatic carbocycles. The molecule has 0 aliphatic heterocycles. The quantitative estimate of drug-likeness (QED) is 0.830. The second-order valence-electron chi connectivity index (χ2n) is 4.70. The van der Waals surface area contributed by atoms with E-state index in [1.807, 2.05) is 37.3 Å². The van der Waals surface area contributed by atoms with Gasteiger partial charge in [-0.25, -0.2) is 0 Å². The number of para-hydroxylation sites is 1. The molecule has 22 heavy (non-hydrogen) atoms. The second-order valence-corrected chi connectivity index (χ2v) is 4.70. The molecular weight excluding hydrogens is 278 g/mol. The van der Waals surface area contributed by atoms with Crippen LogP contribution in [0.5, 0.6) is 0 Å². The predicted molar refractivity (Wildman–Crippen MR) is 86.1 cm³/mol. The fraction of sp³-hybridized carbons (Fsp3) is 0.118. The molecule has 0 unspecified atom stereocenters. The molecule has 2 rings (SSSR count). The van der Waals surface area contributed by atoms with E-state index < -0.39 is 0 Å². The summed E-state index contributed by atoms with van der Waals surface area (Å²) in [6, 6.07) is 11.1. The van der Waals surface area contributed by atoms with Crippen molar-refractivity contribution in [3.63, 3.8) is 0 Å². The van der Waals surface area contributed by atoms with Crippen molar-refractivity contribution in [2.75, 3.05) is 11.9 Å². The predicted octanol–water partition coefficient (Wildman–Crippen LogP) is 2.16. The van der Waals surface area contributed by atoms with Crippen LogP contribution in [0.1, 0.15) is 11.1 Å².